The lowest BCUT2D eigenvalue weighted by molar-refractivity contribution is -0.723. The van der Waals surface area contributed by atoms with E-state index in [4.69, 9.17) is 0 Å². The van der Waals surface area contributed by atoms with Crippen molar-refractivity contribution in [1.29, 1.82) is 0 Å². The van der Waals surface area contributed by atoms with Crippen LogP contribution in [0.15, 0.2) is 18.7 Å². The topological polar surface area (TPSA) is 19.7 Å². The molecule has 0 unspecified atom stereocenters. The molecule has 0 fully saturated rings. The van der Waals surface area contributed by atoms with Gasteiger partial charge in [0.05, 0.1) is 0 Å². The number of nitrogens with zero attached hydrogens (tertiary/aromatic N) is 1. The SMILES string of the molecule is CCCC(CCC)[n+]1cc[nH]c1.F[B-](F)(F)F.F[B-](F)(F)F.F[B-](F)(F)F.F[B-](F)(F)F.F[B-](F)(F)F.F[B-](F)(F)F. The fraction of sp³-hybridized carbons (Fsp3) is 0.700. The molecule has 32 heteroatoms. The summed E-state index contributed by atoms with van der Waals surface area (Å²) in [5.74, 6) is 0. The van der Waals surface area contributed by atoms with E-state index in [-0.39, 0.29) is 0 Å². The van der Waals surface area contributed by atoms with Crippen LogP contribution in [0.25, 0.3) is 0 Å². The van der Waals surface area contributed by atoms with Crippen molar-refractivity contribution in [1.82, 2.24) is 4.98 Å². The number of nitrogens with one attached hydrogen (secondary N) is 1. The number of aromatic amines is 1. The van der Waals surface area contributed by atoms with E-state index in [0.29, 0.717) is 6.04 Å². The van der Waals surface area contributed by atoms with Crippen LogP contribution >= 0.6 is 0 Å². The van der Waals surface area contributed by atoms with Gasteiger partial charge < -0.3 is 104 Å². The molecule has 0 atom stereocenters. The first-order valence-corrected chi connectivity index (χ1v) is 10.2. The molecular weight excluding hydrogens is 669 g/mol. The van der Waals surface area contributed by atoms with Gasteiger partial charge in [-0.1, -0.05) is 26.7 Å². The van der Waals surface area contributed by atoms with Crippen molar-refractivity contribution >= 4 is 43.5 Å². The van der Waals surface area contributed by atoms with Crippen molar-refractivity contribution in [2.45, 2.75) is 45.6 Å². The van der Waals surface area contributed by atoms with E-state index in [1.54, 1.807) is 0 Å². The predicted molar refractivity (Wildman–Crippen MR) is 111 cm³/mol. The number of H-pyrrole nitrogens is 1. The van der Waals surface area contributed by atoms with Gasteiger partial charge in [0.2, 0.25) is 6.33 Å². The summed E-state index contributed by atoms with van der Waals surface area (Å²) in [7, 11) is -36.0. The van der Waals surface area contributed by atoms with Crippen molar-refractivity contribution in [2.24, 2.45) is 0 Å². The van der Waals surface area contributed by atoms with E-state index >= 15 is 0 Å². The molecule has 0 bridgehead atoms. The molecule has 1 aromatic rings. The monoisotopic (exact) mass is 689 g/mol. The molecule has 0 saturated heterocycles. The van der Waals surface area contributed by atoms with E-state index in [1.807, 2.05) is 6.20 Å². The van der Waals surface area contributed by atoms with Crippen molar-refractivity contribution in [3.05, 3.63) is 18.7 Å². The standard InChI is InChI=1S/C10H18N2.6BF4/c1-3-5-10(6-4-2)12-8-7-11-9-12;6*2-1(3,4)5/h7-10H,3-6H2,1-2H3;;;;;;/q;6*-1/p+1. The molecule has 1 rings (SSSR count). The average molecular weight is 688 g/mol. The summed E-state index contributed by atoms with van der Waals surface area (Å²) in [6.45, 7) is 4.49. The Hall–Kier alpha value is -2.08. The van der Waals surface area contributed by atoms with Gasteiger partial charge in [-0.2, -0.15) is 0 Å². The summed E-state index contributed by atoms with van der Waals surface area (Å²) in [6, 6.07) is 0.700. The van der Waals surface area contributed by atoms with Crippen molar-refractivity contribution in [2.75, 3.05) is 0 Å². The third kappa shape index (κ3) is 232. The zero-order valence-corrected chi connectivity index (χ0v) is 20.6. The smallest absolute Gasteiger partial charge is 0.418 e. The lowest BCUT2D eigenvalue weighted by Crippen LogP contribution is -2.36. The third-order valence-electron chi connectivity index (χ3n) is 2.23. The Bertz CT molecular complexity index is 544. The van der Waals surface area contributed by atoms with E-state index in [1.165, 1.54) is 25.7 Å². The molecule has 0 aliphatic carbocycles. The maximum Gasteiger partial charge on any atom is 0.673 e. The van der Waals surface area contributed by atoms with Crippen LogP contribution < -0.4 is 4.57 Å². The first-order chi connectivity index (χ1) is 17.9. The summed E-state index contributed by atoms with van der Waals surface area (Å²) in [5, 5.41) is 0. The number of imidazole rings is 1. The van der Waals surface area contributed by atoms with Gasteiger partial charge >= 0.3 is 43.5 Å². The molecule has 1 aromatic heterocycles. The lowest BCUT2D eigenvalue weighted by atomic mass is 10.1. The Labute approximate surface area is 222 Å². The number of aromatic nitrogens is 2. The largest absolute Gasteiger partial charge is 0.673 e. The Morgan fingerprint density at radius 1 is 0.452 bits per heavy atom. The molecular formula is C10H19B6F24N2-5. The van der Waals surface area contributed by atoms with Gasteiger partial charge in [-0.15, -0.1) is 0 Å². The molecule has 0 saturated carbocycles. The van der Waals surface area contributed by atoms with E-state index in [2.05, 4.69) is 35.9 Å². The molecule has 0 aromatic carbocycles. The molecule has 2 nitrogen and oxygen atoms in total. The molecule has 0 radical (unpaired) electrons. The molecule has 1 N–H and O–H groups in total. The van der Waals surface area contributed by atoms with E-state index < -0.39 is 43.5 Å². The van der Waals surface area contributed by atoms with Gasteiger partial charge in [-0.25, -0.2) is 4.57 Å². The van der Waals surface area contributed by atoms with Crippen molar-refractivity contribution in [3.8, 4) is 0 Å². The number of halogens is 24. The van der Waals surface area contributed by atoms with Crippen LogP contribution in [0.4, 0.5) is 104 Å². The highest BCUT2D eigenvalue weighted by atomic mass is 19.5. The fourth-order valence-corrected chi connectivity index (χ4v) is 1.64. The Balaban J connectivity index is -0.0000000944. The summed E-state index contributed by atoms with van der Waals surface area (Å²) >= 11 is 0. The highest BCUT2D eigenvalue weighted by molar-refractivity contribution is 6.51. The molecule has 260 valence electrons. The highest BCUT2D eigenvalue weighted by Crippen LogP contribution is 2.12. The van der Waals surface area contributed by atoms with Crippen LogP contribution in [0.2, 0.25) is 0 Å². The van der Waals surface area contributed by atoms with Crippen LogP contribution in [0.5, 0.6) is 0 Å². The summed E-state index contributed by atoms with van der Waals surface area (Å²) in [5.41, 5.74) is 0. The average Bonchev–Trinajstić information content (AvgIpc) is 3.06. The lowest BCUT2D eigenvalue weighted by Gasteiger charge is -2.10. The molecule has 0 spiro atoms. The maximum atomic E-state index is 9.75. The van der Waals surface area contributed by atoms with Gasteiger partial charge in [0.1, 0.15) is 18.4 Å². The van der Waals surface area contributed by atoms with Gasteiger partial charge in [0.25, 0.3) is 0 Å². The van der Waals surface area contributed by atoms with Gasteiger partial charge in [0.15, 0.2) is 0 Å². The zero-order chi connectivity index (χ0) is 35.8. The molecule has 42 heavy (non-hydrogen) atoms. The Kier molecular flexibility index (Phi) is 30.5. The Morgan fingerprint density at radius 3 is 0.762 bits per heavy atom. The second-order valence-electron chi connectivity index (χ2n) is 6.26. The second kappa shape index (κ2) is 24.4. The van der Waals surface area contributed by atoms with E-state index in [9.17, 15) is 104 Å². The second-order valence-corrected chi connectivity index (χ2v) is 6.26. The van der Waals surface area contributed by atoms with Crippen LogP contribution in [0.3, 0.4) is 0 Å². The zero-order valence-electron chi connectivity index (χ0n) is 20.6. The number of hydrogen-bond donors (Lipinski definition) is 1. The van der Waals surface area contributed by atoms with Gasteiger partial charge in [-0.05, 0) is 12.8 Å². The molecule has 1 heterocycles. The molecule has 0 amide bonds. The molecule has 0 aliphatic heterocycles. The first kappa shape index (κ1) is 52.6. The van der Waals surface area contributed by atoms with Crippen LogP contribution in [0.1, 0.15) is 45.6 Å². The minimum absolute atomic E-state index is 0.700. The number of rotatable bonds is 5. The van der Waals surface area contributed by atoms with E-state index in [0.717, 1.165) is 0 Å². The normalized spacial score (nSPS) is 11.7. The van der Waals surface area contributed by atoms with Crippen LogP contribution in [0, 0.1) is 0 Å². The quantitative estimate of drug-likeness (QED) is 0.181. The third-order valence-corrected chi connectivity index (χ3v) is 2.23. The van der Waals surface area contributed by atoms with Crippen molar-refractivity contribution < 1.29 is 108 Å². The highest BCUT2D eigenvalue weighted by Gasteiger charge is 2.22. The number of hydrogen-bond acceptors (Lipinski definition) is 0. The first-order valence-electron chi connectivity index (χ1n) is 10.2. The maximum absolute atomic E-state index is 9.75. The molecule has 0 aliphatic rings. The minimum atomic E-state index is -6.00. The predicted octanol–water partition coefficient (Wildman–Crippen LogP) is 10.2. The van der Waals surface area contributed by atoms with Crippen LogP contribution in [-0.2, 0) is 0 Å². The minimum Gasteiger partial charge on any atom is -0.418 e. The van der Waals surface area contributed by atoms with Gasteiger partial charge in [0, 0.05) is 0 Å². The van der Waals surface area contributed by atoms with Crippen LogP contribution in [-0.4, -0.2) is 48.5 Å². The fourth-order valence-electron chi connectivity index (χ4n) is 1.64. The van der Waals surface area contributed by atoms with Gasteiger partial charge in [-0.3, -0.25) is 4.98 Å². The summed E-state index contributed by atoms with van der Waals surface area (Å²) < 4.78 is 236. The summed E-state index contributed by atoms with van der Waals surface area (Å²) in [6.07, 6.45) is 11.3. The summed E-state index contributed by atoms with van der Waals surface area (Å²) in [4.78, 5) is 3.09. The Morgan fingerprint density at radius 2 is 0.643 bits per heavy atom. The van der Waals surface area contributed by atoms with Crippen molar-refractivity contribution in [3.63, 3.8) is 0 Å².